The Morgan fingerprint density at radius 1 is 0.411 bits per heavy atom. The Bertz CT molecular complexity index is 4330. The van der Waals surface area contributed by atoms with Crippen molar-refractivity contribution in [2.24, 2.45) is 5.92 Å². The van der Waals surface area contributed by atoms with Gasteiger partial charge in [0.25, 0.3) is 0 Å². The van der Waals surface area contributed by atoms with Gasteiger partial charge in [0.15, 0.2) is 0 Å². The molecule has 73 heavy (non-hydrogen) atoms. The lowest BCUT2D eigenvalue weighted by Crippen LogP contribution is -2.12. The monoisotopic (exact) mass is 927 g/mol. The minimum atomic E-state index is 0.198. The van der Waals surface area contributed by atoms with Crippen molar-refractivity contribution >= 4 is 39.7 Å². The van der Waals surface area contributed by atoms with Gasteiger partial charge in [0.1, 0.15) is 0 Å². The van der Waals surface area contributed by atoms with Crippen molar-refractivity contribution in [2.45, 2.75) is 17.8 Å². The summed E-state index contributed by atoms with van der Waals surface area (Å²) >= 11 is 0. The molecule has 11 aromatic rings. The van der Waals surface area contributed by atoms with E-state index in [4.69, 9.17) is 0 Å². The number of benzene rings is 10. The van der Waals surface area contributed by atoms with Gasteiger partial charge in [-0.05, 0) is 140 Å². The maximum absolute atomic E-state index is 3.98. The van der Waals surface area contributed by atoms with Crippen LogP contribution in [-0.4, -0.2) is 4.57 Å². The Morgan fingerprint density at radius 3 is 1.81 bits per heavy atom. The number of aromatic nitrogens is 1. The number of nitrogens with one attached hydrogen (secondary N) is 2. The molecule has 0 amide bonds. The van der Waals surface area contributed by atoms with Gasteiger partial charge in [-0.2, -0.15) is 0 Å². The smallest absolute Gasteiger partial charge is 0.0543 e. The summed E-state index contributed by atoms with van der Waals surface area (Å²) in [5, 5.41) is 9.23. The summed E-state index contributed by atoms with van der Waals surface area (Å²) in [7, 11) is 0. The van der Waals surface area contributed by atoms with Crippen LogP contribution in [0.1, 0.15) is 29.2 Å². The van der Waals surface area contributed by atoms with E-state index in [2.05, 4.69) is 252 Å². The van der Waals surface area contributed by atoms with Crippen LogP contribution >= 0.6 is 0 Å². The molecule has 10 aromatic carbocycles. The molecular formula is C70H45N3. The zero-order valence-corrected chi connectivity index (χ0v) is 39.8. The highest BCUT2D eigenvalue weighted by Gasteiger charge is 2.74. The molecule has 3 aliphatic carbocycles. The molecule has 340 valence electrons. The molecule has 1 saturated carbocycles. The zero-order valence-electron chi connectivity index (χ0n) is 39.8. The SMILES string of the molecule is C1=Cc2c3n(c4ccc(-c5ccc6c(c5)-c5cc(-c7cccc(-c8cccc9c8Nc8ccccc8-c8ccccc8-9)c7)cc(c5)-c5ccccc5-c5ccccc5N6)cc24)-c2ccccc2[C@@]24C=C2C4C3C1. The number of nitrogens with zero attached hydrogens (tertiary/aromatic N) is 1. The van der Waals surface area contributed by atoms with E-state index in [0.29, 0.717) is 11.8 Å². The summed E-state index contributed by atoms with van der Waals surface area (Å²) in [6.45, 7) is 0. The predicted octanol–water partition coefficient (Wildman–Crippen LogP) is 18.4. The van der Waals surface area contributed by atoms with Crippen molar-refractivity contribution in [2.75, 3.05) is 10.6 Å². The van der Waals surface area contributed by atoms with Gasteiger partial charge in [0.05, 0.1) is 16.9 Å². The number of allylic oxidation sites excluding steroid dienone is 3. The van der Waals surface area contributed by atoms with E-state index in [-0.39, 0.29) is 5.41 Å². The molecule has 0 radical (unpaired) electrons. The second-order valence-electron chi connectivity index (χ2n) is 20.9. The molecule has 1 fully saturated rings. The Hall–Kier alpha value is -9.18. The summed E-state index contributed by atoms with van der Waals surface area (Å²) in [6.07, 6.45) is 8.48. The van der Waals surface area contributed by atoms with E-state index in [1.54, 1.807) is 5.57 Å². The van der Waals surface area contributed by atoms with Crippen LogP contribution in [0.25, 0.3) is 112 Å². The Labute approximate surface area is 424 Å². The fourth-order valence-electron chi connectivity index (χ4n) is 13.7. The summed E-state index contributed by atoms with van der Waals surface area (Å²) < 4.78 is 2.62. The second kappa shape index (κ2) is 14.5. The molecule has 2 N–H and O–H groups in total. The predicted molar refractivity (Wildman–Crippen MR) is 303 cm³/mol. The van der Waals surface area contributed by atoms with E-state index < -0.39 is 0 Å². The van der Waals surface area contributed by atoms with E-state index >= 15 is 0 Å². The topological polar surface area (TPSA) is 29.0 Å². The number of hydrogen-bond acceptors (Lipinski definition) is 2. The van der Waals surface area contributed by atoms with Crippen LogP contribution in [-0.2, 0) is 5.41 Å². The minimum absolute atomic E-state index is 0.198. The van der Waals surface area contributed by atoms with Crippen molar-refractivity contribution in [3.63, 3.8) is 0 Å². The Morgan fingerprint density at radius 2 is 0.986 bits per heavy atom. The standard InChI is InChI=1S/C70H45N3/c1-2-17-50-48(16-1)46-35-45(41-14-11-15-44(34-41)49-22-12-23-55-52-19-4-3-18-51(52)54-21-6-9-28-63(54)72-68(49)55)36-47(37-46)58-38-42(30-32-64(58)71-62-27-8-5-20-53(50)62)43-31-33-65-59(39-43)56-24-13-25-57-67-61-40-70(61,67)60-26-7-10-29-66(60)73(65)69(56)57/h1-24,26-40,57,67,71-72H,25H2/t57?,67?,70-/m0/s1. The van der Waals surface area contributed by atoms with Crippen LogP contribution in [0, 0.1) is 5.92 Å². The first-order valence-electron chi connectivity index (χ1n) is 25.8. The van der Waals surface area contributed by atoms with Crippen molar-refractivity contribution < 1.29 is 0 Å². The maximum Gasteiger partial charge on any atom is 0.0543 e. The molecular weight excluding hydrogens is 883 g/mol. The third-order valence-electron chi connectivity index (χ3n) is 17.2. The Balaban J connectivity index is 0.839. The molecule has 1 aromatic heterocycles. The third-order valence-corrected chi connectivity index (χ3v) is 17.2. The highest BCUT2D eigenvalue weighted by molar-refractivity contribution is 6.04. The lowest BCUT2D eigenvalue weighted by Gasteiger charge is -2.22. The van der Waals surface area contributed by atoms with Crippen molar-refractivity contribution in [3.05, 3.63) is 253 Å². The minimum Gasteiger partial charge on any atom is -0.355 e. The van der Waals surface area contributed by atoms with Gasteiger partial charge in [-0.25, -0.2) is 0 Å². The van der Waals surface area contributed by atoms with Crippen molar-refractivity contribution in [1.29, 1.82) is 0 Å². The van der Waals surface area contributed by atoms with Gasteiger partial charge in [0.2, 0.25) is 0 Å². The molecule has 17 rings (SSSR count). The normalized spacial score (nSPS) is 18.1. The van der Waals surface area contributed by atoms with Crippen LogP contribution in [0.2, 0.25) is 0 Å². The number of fused-ring (bicyclic) bond motifs is 20. The quantitative estimate of drug-likeness (QED) is 0.173. The molecule has 1 spiro atoms. The summed E-state index contributed by atoms with van der Waals surface area (Å²) in [5.74, 6) is 1.13. The van der Waals surface area contributed by atoms with Crippen molar-refractivity contribution in [1.82, 2.24) is 4.57 Å². The van der Waals surface area contributed by atoms with Crippen LogP contribution in [0.4, 0.5) is 22.7 Å². The summed E-state index contributed by atoms with van der Waals surface area (Å²) in [6, 6.07) is 81.6. The summed E-state index contributed by atoms with van der Waals surface area (Å²) in [5.41, 5.74) is 32.3. The molecule has 0 saturated heterocycles. The van der Waals surface area contributed by atoms with Crippen LogP contribution in [0.15, 0.2) is 236 Å². The van der Waals surface area contributed by atoms with Gasteiger partial charge >= 0.3 is 0 Å². The summed E-state index contributed by atoms with van der Waals surface area (Å²) in [4.78, 5) is 0. The van der Waals surface area contributed by atoms with Crippen molar-refractivity contribution in [3.8, 4) is 94.7 Å². The first-order chi connectivity index (χ1) is 36.2. The molecule has 3 aliphatic heterocycles. The zero-order chi connectivity index (χ0) is 47.5. The molecule has 6 aliphatic rings. The van der Waals surface area contributed by atoms with Gasteiger partial charge in [-0.3, -0.25) is 0 Å². The van der Waals surface area contributed by atoms with Crippen LogP contribution < -0.4 is 10.6 Å². The number of para-hydroxylation sites is 4. The molecule has 2 bridgehead atoms. The highest BCUT2D eigenvalue weighted by atomic mass is 15.0. The molecule has 3 atom stereocenters. The second-order valence-corrected chi connectivity index (χ2v) is 20.9. The van der Waals surface area contributed by atoms with Gasteiger partial charge in [-0.1, -0.05) is 175 Å². The molecule has 3 nitrogen and oxygen atoms in total. The fourth-order valence-corrected chi connectivity index (χ4v) is 13.7. The average Bonchev–Trinajstić information content (AvgIpc) is 4.36. The largest absolute Gasteiger partial charge is 0.355 e. The number of rotatable bonds is 3. The average molecular weight is 928 g/mol. The first kappa shape index (κ1) is 39.5. The fraction of sp³-hybridized carbons (Fsp3) is 0.0571. The lowest BCUT2D eigenvalue weighted by molar-refractivity contribution is 0.549. The van der Waals surface area contributed by atoms with E-state index in [9.17, 15) is 0 Å². The lowest BCUT2D eigenvalue weighted by atomic mass is 9.82. The molecule has 4 heterocycles. The number of hydrogen-bond donors (Lipinski definition) is 2. The van der Waals surface area contributed by atoms with Crippen LogP contribution in [0.5, 0.6) is 0 Å². The highest BCUT2D eigenvalue weighted by Crippen LogP contribution is 2.79. The van der Waals surface area contributed by atoms with Crippen LogP contribution in [0.3, 0.4) is 0 Å². The third kappa shape index (κ3) is 5.54. The molecule has 2 unspecified atom stereocenters. The first-order valence-corrected chi connectivity index (χ1v) is 25.8. The Kier molecular flexibility index (Phi) is 7.83. The van der Waals surface area contributed by atoms with Gasteiger partial charge in [-0.15, -0.1) is 0 Å². The van der Waals surface area contributed by atoms with Gasteiger partial charge in [0, 0.05) is 78.8 Å². The van der Waals surface area contributed by atoms with E-state index in [1.807, 2.05) is 0 Å². The number of anilines is 4. The van der Waals surface area contributed by atoms with E-state index in [0.717, 1.165) is 40.3 Å². The van der Waals surface area contributed by atoms with Gasteiger partial charge < -0.3 is 15.2 Å². The maximum atomic E-state index is 3.98. The molecule has 3 heteroatoms. The van der Waals surface area contributed by atoms with E-state index in [1.165, 1.54) is 111 Å².